The third-order valence-corrected chi connectivity index (χ3v) is 3.54. The molecule has 0 fully saturated rings. The van der Waals surface area contributed by atoms with Crippen LogP contribution in [0.1, 0.15) is 17.2 Å². The third kappa shape index (κ3) is 3.20. The summed E-state index contributed by atoms with van der Waals surface area (Å²) in [6.07, 6.45) is -1.21. The molecule has 106 valence electrons. The Balaban J connectivity index is 2.43. The van der Waals surface area contributed by atoms with Gasteiger partial charge in [0, 0.05) is 11.1 Å². The number of benzene rings is 2. The lowest BCUT2D eigenvalue weighted by Crippen LogP contribution is -2.08. The van der Waals surface area contributed by atoms with Gasteiger partial charge >= 0.3 is 6.61 Å². The van der Waals surface area contributed by atoms with Gasteiger partial charge in [-0.15, -0.1) is 0 Å². The molecule has 0 aromatic heterocycles. The van der Waals surface area contributed by atoms with Crippen LogP contribution in [0.15, 0.2) is 42.5 Å². The van der Waals surface area contributed by atoms with Crippen LogP contribution in [0.4, 0.5) is 8.78 Å². The van der Waals surface area contributed by atoms with Crippen molar-refractivity contribution >= 4 is 23.2 Å². The normalized spacial score (nSPS) is 12.5. The number of ether oxygens (including phenoxy) is 1. The fourth-order valence-corrected chi connectivity index (χ4v) is 2.22. The van der Waals surface area contributed by atoms with Gasteiger partial charge in [0.15, 0.2) is 0 Å². The highest BCUT2D eigenvalue weighted by molar-refractivity contribution is 6.42. The standard InChI is InChI=1S/C14H10Cl2F2O2/c15-10-6-3-5-9(12(10)16)13(19)8-4-1-2-7-11(8)20-14(17)18/h1-7,13-14,19H. The van der Waals surface area contributed by atoms with Crippen LogP contribution in [0.2, 0.25) is 10.0 Å². The number of aliphatic hydroxyl groups excluding tert-OH is 1. The Labute approximate surface area is 124 Å². The Morgan fingerprint density at radius 2 is 1.60 bits per heavy atom. The van der Waals surface area contributed by atoms with Crippen molar-refractivity contribution in [3.63, 3.8) is 0 Å². The summed E-state index contributed by atoms with van der Waals surface area (Å²) in [6.45, 7) is -2.97. The van der Waals surface area contributed by atoms with Crippen LogP contribution in [-0.2, 0) is 0 Å². The number of alkyl halides is 2. The highest BCUT2D eigenvalue weighted by atomic mass is 35.5. The summed E-state index contributed by atoms with van der Waals surface area (Å²) in [5.41, 5.74) is 0.515. The number of hydrogen-bond donors (Lipinski definition) is 1. The maximum atomic E-state index is 12.4. The van der Waals surface area contributed by atoms with E-state index in [1.54, 1.807) is 24.3 Å². The smallest absolute Gasteiger partial charge is 0.387 e. The van der Waals surface area contributed by atoms with E-state index in [-0.39, 0.29) is 21.4 Å². The molecule has 0 radical (unpaired) electrons. The van der Waals surface area contributed by atoms with Crippen molar-refractivity contribution < 1.29 is 18.6 Å². The number of aliphatic hydroxyl groups is 1. The van der Waals surface area contributed by atoms with Crippen LogP contribution in [0.3, 0.4) is 0 Å². The van der Waals surface area contributed by atoms with Gasteiger partial charge in [0.1, 0.15) is 11.9 Å². The monoisotopic (exact) mass is 318 g/mol. The van der Waals surface area contributed by atoms with Gasteiger partial charge in [-0.05, 0) is 12.1 Å². The van der Waals surface area contributed by atoms with E-state index in [9.17, 15) is 13.9 Å². The van der Waals surface area contributed by atoms with Crippen molar-refractivity contribution in [1.82, 2.24) is 0 Å². The first-order chi connectivity index (χ1) is 9.50. The topological polar surface area (TPSA) is 29.5 Å². The van der Waals surface area contributed by atoms with Crippen LogP contribution in [0, 0.1) is 0 Å². The lowest BCUT2D eigenvalue weighted by molar-refractivity contribution is -0.0512. The molecule has 0 aliphatic heterocycles. The molecular formula is C14H10Cl2F2O2. The first kappa shape index (κ1) is 15.0. The van der Waals surface area contributed by atoms with Gasteiger partial charge in [0.2, 0.25) is 0 Å². The Morgan fingerprint density at radius 3 is 2.30 bits per heavy atom. The zero-order chi connectivity index (χ0) is 14.7. The number of para-hydroxylation sites is 1. The summed E-state index contributed by atoms with van der Waals surface area (Å²) in [7, 11) is 0. The summed E-state index contributed by atoms with van der Waals surface area (Å²) in [5, 5.41) is 10.8. The highest BCUT2D eigenvalue weighted by Crippen LogP contribution is 2.36. The fourth-order valence-electron chi connectivity index (χ4n) is 1.81. The van der Waals surface area contributed by atoms with Gasteiger partial charge in [-0.3, -0.25) is 0 Å². The van der Waals surface area contributed by atoms with Crippen LogP contribution in [0.25, 0.3) is 0 Å². The van der Waals surface area contributed by atoms with Gasteiger partial charge in [-0.1, -0.05) is 53.5 Å². The summed E-state index contributed by atoms with van der Waals surface area (Å²) in [4.78, 5) is 0. The molecule has 2 rings (SSSR count). The molecule has 0 aliphatic carbocycles. The van der Waals surface area contributed by atoms with E-state index < -0.39 is 12.7 Å². The average Bonchev–Trinajstić information content (AvgIpc) is 2.41. The van der Waals surface area contributed by atoms with Gasteiger partial charge in [-0.2, -0.15) is 8.78 Å². The molecule has 2 aromatic rings. The molecule has 0 spiro atoms. The molecular weight excluding hydrogens is 309 g/mol. The lowest BCUT2D eigenvalue weighted by atomic mass is 10.0. The van der Waals surface area contributed by atoms with E-state index in [4.69, 9.17) is 23.2 Å². The summed E-state index contributed by atoms with van der Waals surface area (Å²) >= 11 is 11.9. The Morgan fingerprint density at radius 1 is 0.950 bits per heavy atom. The second-order valence-corrected chi connectivity index (χ2v) is 4.75. The quantitative estimate of drug-likeness (QED) is 0.887. The van der Waals surface area contributed by atoms with Gasteiger partial charge in [-0.25, -0.2) is 0 Å². The minimum Gasteiger partial charge on any atom is -0.434 e. The van der Waals surface area contributed by atoms with Crippen LogP contribution in [-0.4, -0.2) is 11.7 Å². The summed E-state index contributed by atoms with van der Waals surface area (Å²) in [5.74, 6) is -0.106. The molecule has 0 bridgehead atoms. The maximum Gasteiger partial charge on any atom is 0.387 e. The summed E-state index contributed by atoms with van der Waals surface area (Å²) < 4.78 is 29.1. The van der Waals surface area contributed by atoms with E-state index in [2.05, 4.69) is 4.74 Å². The predicted octanol–water partition coefficient (Wildman–Crippen LogP) is 4.68. The van der Waals surface area contributed by atoms with E-state index in [1.165, 1.54) is 18.2 Å². The van der Waals surface area contributed by atoms with Gasteiger partial charge in [0.05, 0.1) is 10.0 Å². The molecule has 2 nitrogen and oxygen atoms in total. The molecule has 2 aromatic carbocycles. The van der Waals surface area contributed by atoms with E-state index in [0.717, 1.165) is 0 Å². The zero-order valence-electron chi connectivity index (χ0n) is 10.1. The molecule has 0 saturated carbocycles. The van der Waals surface area contributed by atoms with Crippen LogP contribution >= 0.6 is 23.2 Å². The van der Waals surface area contributed by atoms with Crippen molar-refractivity contribution in [3.05, 3.63) is 63.6 Å². The first-order valence-corrected chi connectivity index (χ1v) is 6.42. The van der Waals surface area contributed by atoms with Crippen molar-refractivity contribution in [3.8, 4) is 5.75 Å². The van der Waals surface area contributed by atoms with Gasteiger partial charge < -0.3 is 9.84 Å². The molecule has 0 amide bonds. The average molecular weight is 319 g/mol. The third-order valence-electron chi connectivity index (χ3n) is 2.71. The SMILES string of the molecule is OC(c1ccccc1OC(F)F)c1cccc(Cl)c1Cl. The van der Waals surface area contributed by atoms with E-state index in [1.807, 2.05) is 0 Å². The molecule has 20 heavy (non-hydrogen) atoms. The van der Waals surface area contributed by atoms with Crippen LogP contribution in [0.5, 0.6) is 5.75 Å². The second-order valence-electron chi connectivity index (χ2n) is 3.96. The molecule has 0 heterocycles. The van der Waals surface area contributed by atoms with Crippen molar-refractivity contribution in [2.45, 2.75) is 12.7 Å². The molecule has 1 N–H and O–H groups in total. The van der Waals surface area contributed by atoms with Gasteiger partial charge in [0.25, 0.3) is 0 Å². The number of halogens is 4. The maximum absolute atomic E-state index is 12.4. The molecule has 1 atom stereocenters. The van der Waals surface area contributed by atoms with Crippen LogP contribution < -0.4 is 4.74 Å². The van der Waals surface area contributed by atoms with Crippen molar-refractivity contribution in [2.75, 3.05) is 0 Å². The second kappa shape index (κ2) is 6.39. The number of rotatable bonds is 4. The molecule has 0 aliphatic rings. The number of hydrogen-bond acceptors (Lipinski definition) is 2. The minimum absolute atomic E-state index is 0.106. The lowest BCUT2D eigenvalue weighted by Gasteiger charge is -2.17. The first-order valence-electron chi connectivity index (χ1n) is 5.66. The molecule has 1 unspecified atom stereocenters. The largest absolute Gasteiger partial charge is 0.434 e. The predicted molar refractivity (Wildman–Crippen MR) is 73.6 cm³/mol. The summed E-state index contributed by atoms with van der Waals surface area (Å²) in [6, 6.07) is 10.7. The molecule has 0 saturated heterocycles. The Bertz CT molecular complexity index is 605. The fraction of sp³-hybridized carbons (Fsp3) is 0.143. The molecule has 6 heteroatoms. The Hall–Kier alpha value is -1.36. The van der Waals surface area contributed by atoms with Crippen molar-refractivity contribution in [1.29, 1.82) is 0 Å². The Kier molecular flexibility index (Phi) is 4.81. The zero-order valence-corrected chi connectivity index (χ0v) is 11.6. The van der Waals surface area contributed by atoms with Crippen molar-refractivity contribution in [2.24, 2.45) is 0 Å². The van der Waals surface area contributed by atoms with E-state index in [0.29, 0.717) is 5.56 Å². The highest BCUT2D eigenvalue weighted by Gasteiger charge is 2.20. The van der Waals surface area contributed by atoms with E-state index >= 15 is 0 Å². The minimum atomic E-state index is -2.97.